The Kier molecular flexibility index (Phi) is 8.56. The molecule has 49 heavy (non-hydrogen) atoms. The average Bonchev–Trinajstić information content (AvgIpc) is 3.56. The van der Waals surface area contributed by atoms with Gasteiger partial charge in [0.2, 0.25) is 11.8 Å². The van der Waals surface area contributed by atoms with E-state index < -0.39 is 17.5 Å². The molecule has 2 fully saturated rings. The number of methoxy groups -OCH3 is 1. The van der Waals surface area contributed by atoms with Crippen LogP contribution in [-0.4, -0.2) is 99.2 Å². The van der Waals surface area contributed by atoms with Gasteiger partial charge in [0.05, 0.1) is 48.2 Å². The molecule has 0 atom stereocenters. The Bertz CT molecular complexity index is 2020. The first-order valence-electron chi connectivity index (χ1n) is 16.1. The van der Waals surface area contributed by atoms with Gasteiger partial charge in [0.15, 0.2) is 0 Å². The minimum absolute atomic E-state index is 0.0222. The van der Waals surface area contributed by atoms with E-state index >= 15 is 0 Å². The monoisotopic (exact) mass is 668 g/mol. The van der Waals surface area contributed by atoms with E-state index in [1.54, 1.807) is 20.5 Å². The summed E-state index contributed by atoms with van der Waals surface area (Å²) in [4.78, 5) is 52.8. The van der Waals surface area contributed by atoms with Gasteiger partial charge in [-0.3, -0.25) is 23.7 Å². The topological polar surface area (TPSA) is 165 Å². The van der Waals surface area contributed by atoms with Crippen molar-refractivity contribution in [2.75, 3.05) is 40.3 Å². The Balaban J connectivity index is 1.32. The molecule has 14 heteroatoms. The Morgan fingerprint density at radius 3 is 2.53 bits per heavy atom. The van der Waals surface area contributed by atoms with E-state index in [1.165, 1.54) is 19.1 Å². The molecule has 1 spiro atoms. The number of benzene rings is 2. The second-order valence-corrected chi connectivity index (χ2v) is 14.1. The smallest absolute Gasteiger partial charge is 0.410 e. The van der Waals surface area contributed by atoms with Crippen molar-refractivity contribution in [2.24, 2.45) is 12.5 Å². The number of nitriles is 1. The summed E-state index contributed by atoms with van der Waals surface area (Å²) in [5.74, 6) is -1.37. The van der Waals surface area contributed by atoms with Crippen molar-refractivity contribution in [3.05, 3.63) is 47.8 Å². The lowest BCUT2D eigenvalue weighted by molar-refractivity contribution is -0.141. The Morgan fingerprint density at radius 1 is 1.12 bits per heavy atom. The number of carbonyl (C=O) groups excluding carboxylic acids is 4. The summed E-state index contributed by atoms with van der Waals surface area (Å²) >= 11 is 0. The van der Waals surface area contributed by atoms with Gasteiger partial charge >= 0.3 is 12.1 Å². The molecule has 1 aliphatic carbocycles. The van der Waals surface area contributed by atoms with Gasteiger partial charge in [0.1, 0.15) is 18.7 Å². The van der Waals surface area contributed by atoms with Crippen molar-refractivity contribution in [3.8, 4) is 17.2 Å². The minimum atomic E-state index is -0.590. The molecule has 2 aliphatic rings. The van der Waals surface area contributed by atoms with E-state index in [2.05, 4.69) is 21.2 Å². The highest BCUT2D eigenvalue weighted by Gasteiger charge is 2.55. The lowest BCUT2D eigenvalue weighted by Gasteiger charge is -2.58. The number of aryl methyl sites for hydroxylation is 1. The fourth-order valence-electron chi connectivity index (χ4n) is 6.91. The fourth-order valence-corrected chi connectivity index (χ4v) is 6.91. The first-order chi connectivity index (χ1) is 23.2. The second-order valence-electron chi connectivity index (χ2n) is 14.1. The zero-order valence-electron chi connectivity index (χ0n) is 28.6. The largest absolute Gasteiger partial charge is 0.468 e. The van der Waals surface area contributed by atoms with E-state index in [1.807, 2.05) is 58.2 Å². The minimum Gasteiger partial charge on any atom is -0.468 e. The number of hydrogen-bond donors (Lipinski definition) is 1. The van der Waals surface area contributed by atoms with Crippen LogP contribution in [0.1, 0.15) is 50.8 Å². The zero-order valence-corrected chi connectivity index (χ0v) is 28.6. The maximum Gasteiger partial charge on any atom is 0.410 e. The molecule has 256 valence electrons. The summed E-state index contributed by atoms with van der Waals surface area (Å²) in [7, 11) is 4.60. The van der Waals surface area contributed by atoms with Gasteiger partial charge in [0, 0.05) is 54.9 Å². The summed E-state index contributed by atoms with van der Waals surface area (Å²) < 4.78 is 13.5. The van der Waals surface area contributed by atoms with Crippen LogP contribution in [0, 0.1) is 16.7 Å². The number of nitrogens with zero attached hydrogens (tertiary/aromatic N) is 7. The van der Waals surface area contributed by atoms with Crippen LogP contribution in [0.4, 0.5) is 4.79 Å². The maximum atomic E-state index is 13.4. The van der Waals surface area contributed by atoms with Crippen LogP contribution in [-0.2, 0) is 37.4 Å². The number of hydrogen-bond acceptors (Lipinski definition) is 9. The summed E-state index contributed by atoms with van der Waals surface area (Å²) in [6.45, 7) is 6.11. The van der Waals surface area contributed by atoms with E-state index in [0.29, 0.717) is 18.7 Å². The van der Waals surface area contributed by atoms with Gasteiger partial charge in [-0.25, -0.2) is 4.79 Å². The Morgan fingerprint density at radius 2 is 1.86 bits per heavy atom. The highest BCUT2D eigenvalue weighted by molar-refractivity contribution is 6.01. The first kappa shape index (κ1) is 33.5. The van der Waals surface area contributed by atoms with Crippen molar-refractivity contribution < 1.29 is 28.7 Å². The molecular formula is C35H40N8O6. The van der Waals surface area contributed by atoms with Crippen LogP contribution >= 0.6 is 0 Å². The SMILES string of the molecule is COC(=O)CNC(=O)CN(C)C(=O)Cn1nc(C2CC3(C2)CN(C(=O)OC(C)(C)C)C3)c2c(-c3cc4c(cnn4C)cc3C#N)cccc21. The van der Waals surface area contributed by atoms with Gasteiger partial charge in [0.25, 0.3) is 0 Å². The molecule has 6 rings (SSSR count). The number of aromatic nitrogens is 4. The molecule has 1 saturated heterocycles. The lowest BCUT2D eigenvalue weighted by Crippen LogP contribution is -2.63. The van der Waals surface area contributed by atoms with Crippen LogP contribution < -0.4 is 5.32 Å². The lowest BCUT2D eigenvalue weighted by atomic mass is 9.56. The molecule has 3 heterocycles. The summed E-state index contributed by atoms with van der Waals surface area (Å²) in [5, 5.41) is 23.7. The number of carbonyl (C=O) groups is 4. The van der Waals surface area contributed by atoms with Gasteiger partial charge in [-0.15, -0.1) is 0 Å². The van der Waals surface area contributed by atoms with Crippen LogP contribution in [0.15, 0.2) is 36.5 Å². The number of likely N-dealkylation sites (N-methyl/N-ethyl adjacent to an activating group) is 1. The van der Waals surface area contributed by atoms with Gasteiger partial charge in [-0.05, 0) is 57.4 Å². The molecule has 1 aliphatic heterocycles. The third-order valence-electron chi connectivity index (χ3n) is 9.30. The molecule has 3 amide bonds. The van der Waals surface area contributed by atoms with E-state index in [9.17, 15) is 24.4 Å². The van der Waals surface area contributed by atoms with Crippen LogP contribution in [0.2, 0.25) is 0 Å². The summed E-state index contributed by atoms with van der Waals surface area (Å²) in [6, 6.07) is 11.9. The fraction of sp³-hybridized carbons (Fsp3) is 0.457. The number of ether oxygens (including phenoxy) is 2. The highest BCUT2D eigenvalue weighted by atomic mass is 16.6. The number of fused-ring (bicyclic) bond motifs is 2. The molecule has 1 saturated carbocycles. The quantitative estimate of drug-likeness (QED) is 0.277. The Hall–Kier alpha value is -5.45. The summed E-state index contributed by atoms with van der Waals surface area (Å²) in [5.41, 5.74) is 3.90. The predicted octanol–water partition coefficient (Wildman–Crippen LogP) is 3.32. The molecule has 0 unspecified atom stereocenters. The standard InChI is InChI=1S/C35H40N8O6/c1-34(2,3)49-33(47)42-19-35(20-42)12-23(13-35)32-31-24(25-11-27-22(10-21(25)14-36)15-38-41(27)5)8-7-9-26(31)43(39-32)18-29(45)40(4)17-28(44)37-16-30(46)48-6/h7-11,15,23H,12-13,16-20H2,1-6H3,(H,37,44). The number of nitrogens with one attached hydrogen (secondary N) is 1. The second kappa shape index (κ2) is 12.5. The molecule has 4 aromatic rings. The molecule has 2 aromatic heterocycles. The summed E-state index contributed by atoms with van der Waals surface area (Å²) in [6.07, 6.45) is 3.05. The Labute approximate surface area is 283 Å². The highest BCUT2D eigenvalue weighted by Crippen LogP contribution is 2.57. The molecular weight excluding hydrogens is 628 g/mol. The molecule has 2 aromatic carbocycles. The average molecular weight is 669 g/mol. The normalized spacial score (nSPS) is 15.4. The van der Waals surface area contributed by atoms with Crippen LogP contribution in [0.5, 0.6) is 0 Å². The molecule has 14 nitrogen and oxygen atoms in total. The third kappa shape index (κ3) is 6.53. The van der Waals surface area contributed by atoms with Crippen LogP contribution in [0.3, 0.4) is 0 Å². The third-order valence-corrected chi connectivity index (χ3v) is 9.30. The number of rotatable bonds is 8. The van der Waals surface area contributed by atoms with Gasteiger partial charge < -0.3 is 24.6 Å². The van der Waals surface area contributed by atoms with Crippen molar-refractivity contribution in [2.45, 2.75) is 51.7 Å². The molecule has 0 bridgehead atoms. The van der Waals surface area contributed by atoms with Crippen LogP contribution in [0.25, 0.3) is 32.9 Å². The molecule has 0 radical (unpaired) electrons. The van der Waals surface area contributed by atoms with Crippen molar-refractivity contribution in [1.29, 1.82) is 5.26 Å². The number of amides is 3. The van der Waals surface area contributed by atoms with Crippen molar-refractivity contribution >= 4 is 45.7 Å². The first-order valence-corrected chi connectivity index (χ1v) is 16.1. The maximum absolute atomic E-state index is 13.4. The van der Waals surface area contributed by atoms with Gasteiger partial charge in [-0.2, -0.15) is 15.5 Å². The number of esters is 1. The van der Waals surface area contributed by atoms with Gasteiger partial charge in [-0.1, -0.05) is 12.1 Å². The van der Waals surface area contributed by atoms with E-state index in [-0.39, 0.29) is 43.0 Å². The van der Waals surface area contributed by atoms with E-state index in [0.717, 1.165) is 51.5 Å². The van der Waals surface area contributed by atoms with Crippen molar-refractivity contribution in [1.82, 2.24) is 34.7 Å². The van der Waals surface area contributed by atoms with Crippen molar-refractivity contribution in [3.63, 3.8) is 0 Å². The zero-order chi connectivity index (χ0) is 35.2. The van der Waals surface area contributed by atoms with E-state index in [4.69, 9.17) is 9.84 Å². The molecule has 1 N–H and O–H groups in total. The number of likely N-dealkylation sites (tertiary alicyclic amines) is 1. The predicted molar refractivity (Wildman–Crippen MR) is 179 cm³/mol.